The average Bonchev–Trinajstić information content (AvgIpc) is 2.45. The summed E-state index contributed by atoms with van der Waals surface area (Å²) in [6.07, 6.45) is 0.927. The van der Waals surface area contributed by atoms with Crippen molar-refractivity contribution >= 4 is 0 Å². The fourth-order valence-electron chi connectivity index (χ4n) is 2.97. The Morgan fingerprint density at radius 1 is 1.30 bits per heavy atom. The van der Waals surface area contributed by atoms with E-state index in [9.17, 15) is 13.2 Å². The molecule has 1 aliphatic rings. The third-order valence-corrected chi connectivity index (χ3v) is 4.06. The molecule has 0 bridgehead atoms. The molecule has 3 unspecified atom stereocenters. The molecule has 0 aliphatic heterocycles. The van der Waals surface area contributed by atoms with E-state index in [0.29, 0.717) is 24.2 Å². The summed E-state index contributed by atoms with van der Waals surface area (Å²) in [4.78, 5) is 3.97. The number of aromatic nitrogens is 1. The van der Waals surface area contributed by atoms with Crippen LogP contribution in [0.25, 0.3) is 0 Å². The van der Waals surface area contributed by atoms with Crippen LogP contribution in [0.4, 0.5) is 13.2 Å². The number of nitrogens with zero attached hydrogens (tertiary/aromatic N) is 1. The first-order chi connectivity index (χ1) is 9.43. The van der Waals surface area contributed by atoms with Crippen LogP contribution in [0.2, 0.25) is 0 Å². The average molecular weight is 288 g/mol. The van der Waals surface area contributed by atoms with Gasteiger partial charge >= 0.3 is 6.18 Å². The van der Waals surface area contributed by atoms with Crippen molar-refractivity contribution in [3.05, 3.63) is 24.0 Å². The molecule has 1 aromatic rings. The molecular formula is C14H19F3N2O. The predicted molar refractivity (Wildman–Crippen MR) is 69.2 cm³/mol. The van der Waals surface area contributed by atoms with Gasteiger partial charge in [-0.15, -0.1) is 0 Å². The smallest absolute Gasteiger partial charge is 0.392 e. The monoisotopic (exact) mass is 288 g/mol. The predicted octanol–water partition coefficient (Wildman–Crippen LogP) is 3.46. The highest BCUT2D eigenvalue weighted by Gasteiger charge is 2.47. The van der Waals surface area contributed by atoms with Crippen LogP contribution < -0.4 is 10.5 Å². The maximum atomic E-state index is 13.1. The van der Waals surface area contributed by atoms with Crippen LogP contribution in [0.5, 0.6) is 5.75 Å². The van der Waals surface area contributed by atoms with Crippen LogP contribution in [-0.4, -0.2) is 18.3 Å². The fourth-order valence-corrected chi connectivity index (χ4v) is 2.97. The molecule has 3 atom stereocenters. The van der Waals surface area contributed by atoms with Gasteiger partial charge in [0.2, 0.25) is 0 Å². The summed E-state index contributed by atoms with van der Waals surface area (Å²) in [5, 5.41) is 0. The summed E-state index contributed by atoms with van der Waals surface area (Å²) in [5.74, 6) is -1.40. The number of methoxy groups -OCH3 is 1. The van der Waals surface area contributed by atoms with E-state index in [2.05, 4.69) is 4.98 Å². The van der Waals surface area contributed by atoms with E-state index >= 15 is 0 Å². The molecule has 0 radical (unpaired) electrons. The van der Waals surface area contributed by atoms with Crippen molar-refractivity contribution in [3.63, 3.8) is 0 Å². The fraction of sp³-hybridized carbons (Fsp3) is 0.643. The first-order valence-electron chi connectivity index (χ1n) is 6.74. The normalized spacial score (nSPS) is 25.2. The zero-order valence-electron chi connectivity index (χ0n) is 11.4. The molecule has 1 aliphatic carbocycles. The Kier molecular flexibility index (Phi) is 4.52. The molecule has 1 fully saturated rings. The van der Waals surface area contributed by atoms with Gasteiger partial charge in [0.05, 0.1) is 19.2 Å². The SMILES string of the molecule is COc1cncc(C(N)C2CCCCC2C(F)(F)F)c1. The maximum absolute atomic E-state index is 13.1. The van der Waals surface area contributed by atoms with Gasteiger partial charge in [-0.05, 0) is 30.4 Å². The standard InChI is InChI=1S/C14H19F3N2O/c1-20-10-6-9(7-19-8-10)13(18)11-4-2-3-5-12(11)14(15,16)17/h6-8,11-13H,2-5,18H2,1H3. The van der Waals surface area contributed by atoms with Gasteiger partial charge in [-0.1, -0.05) is 12.8 Å². The first kappa shape index (κ1) is 15.1. The minimum Gasteiger partial charge on any atom is -0.495 e. The molecule has 1 aromatic heterocycles. The van der Waals surface area contributed by atoms with Crippen LogP contribution in [0.3, 0.4) is 0 Å². The maximum Gasteiger partial charge on any atom is 0.392 e. The summed E-state index contributed by atoms with van der Waals surface area (Å²) in [6.45, 7) is 0. The molecule has 112 valence electrons. The van der Waals surface area contributed by atoms with Crippen LogP contribution in [0, 0.1) is 11.8 Å². The number of nitrogens with two attached hydrogens (primary N) is 1. The van der Waals surface area contributed by atoms with Crippen molar-refractivity contribution < 1.29 is 17.9 Å². The molecule has 6 heteroatoms. The second-order valence-corrected chi connectivity index (χ2v) is 5.28. The minimum absolute atomic E-state index is 0.166. The Labute approximate surface area is 116 Å². The number of halogens is 3. The van der Waals surface area contributed by atoms with Gasteiger partial charge in [-0.3, -0.25) is 4.98 Å². The van der Waals surface area contributed by atoms with Crippen molar-refractivity contribution in [3.8, 4) is 5.75 Å². The second kappa shape index (κ2) is 5.99. The zero-order chi connectivity index (χ0) is 14.8. The van der Waals surface area contributed by atoms with E-state index in [1.54, 1.807) is 6.07 Å². The summed E-state index contributed by atoms with van der Waals surface area (Å²) in [5.41, 5.74) is 6.69. The Balaban J connectivity index is 2.22. The molecule has 0 spiro atoms. The Morgan fingerprint density at radius 2 is 2.00 bits per heavy atom. The van der Waals surface area contributed by atoms with Gasteiger partial charge in [0, 0.05) is 12.2 Å². The lowest BCUT2D eigenvalue weighted by molar-refractivity contribution is -0.198. The van der Waals surface area contributed by atoms with E-state index in [0.717, 1.165) is 6.42 Å². The number of pyridine rings is 1. The third kappa shape index (κ3) is 3.23. The summed E-state index contributed by atoms with van der Waals surface area (Å²) < 4.78 is 44.4. The molecule has 1 heterocycles. The molecule has 0 amide bonds. The van der Waals surface area contributed by atoms with Crippen LogP contribution in [-0.2, 0) is 0 Å². The third-order valence-electron chi connectivity index (χ3n) is 4.06. The molecular weight excluding hydrogens is 269 g/mol. The van der Waals surface area contributed by atoms with Crippen LogP contribution in [0.15, 0.2) is 18.5 Å². The zero-order valence-corrected chi connectivity index (χ0v) is 11.4. The van der Waals surface area contributed by atoms with Gasteiger partial charge in [-0.25, -0.2) is 0 Å². The molecule has 0 saturated heterocycles. The van der Waals surface area contributed by atoms with Gasteiger partial charge in [-0.2, -0.15) is 13.2 Å². The van der Waals surface area contributed by atoms with Crippen molar-refractivity contribution in [2.24, 2.45) is 17.6 Å². The highest BCUT2D eigenvalue weighted by Crippen LogP contribution is 2.45. The van der Waals surface area contributed by atoms with Crippen LogP contribution >= 0.6 is 0 Å². The van der Waals surface area contributed by atoms with Crippen molar-refractivity contribution in [1.29, 1.82) is 0 Å². The number of ether oxygens (including phenoxy) is 1. The molecule has 2 rings (SSSR count). The summed E-state index contributed by atoms with van der Waals surface area (Å²) in [7, 11) is 1.49. The topological polar surface area (TPSA) is 48.1 Å². The molecule has 2 N–H and O–H groups in total. The second-order valence-electron chi connectivity index (χ2n) is 5.28. The van der Waals surface area contributed by atoms with Crippen molar-refractivity contribution in [2.45, 2.75) is 37.9 Å². The van der Waals surface area contributed by atoms with E-state index < -0.39 is 24.1 Å². The van der Waals surface area contributed by atoms with Gasteiger partial charge in [0.15, 0.2) is 0 Å². The molecule has 1 saturated carbocycles. The van der Waals surface area contributed by atoms with Crippen molar-refractivity contribution in [1.82, 2.24) is 4.98 Å². The van der Waals surface area contributed by atoms with E-state index in [1.165, 1.54) is 19.5 Å². The molecule has 0 aromatic carbocycles. The van der Waals surface area contributed by atoms with Gasteiger partial charge < -0.3 is 10.5 Å². The number of alkyl halides is 3. The lowest BCUT2D eigenvalue weighted by Gasteiger charge is -2.36. The van der Waals surface area contributed by atoms with E-state index in [4.69, 9.17) is 10.5 Å². The highest BCUT2D eigenvalue weighted by atomic mass is 19.4. The van der Waals surface area contributed by atoms with Crippen LogP contribution in [0.1, 0.15) is 37.3 Å². The number of hydrogen-bond donors (Lipinski definition) is 1. The van der Waals surface area contributed by atoms with E-state index in [1.807, 2.05) is 0 Å². The Bertz CT molecular complexity index is 450. The Morgan fingerprint density at radius 3 is 2.65 bits per heavy atom. The quantitative estimate of drug-likeness (QED) is 0.926. The first-order valence-corrected chi connectivity index (χ1v) is 6.74. The Hall–Kier alpha value is -1.30. The van der Waals surface area contributed by atoms with E-state index in [-0.39, 0.29) is 6.42 Å². The van der Waals surface area contributed by atoms with Crippen molar-refractivity contribution in [2.75, 3.05) is 7.11 Å². The molecule has 3 nitrogen and oxygen atoms in total. The van der Waals surface area contributed by atoms with Gasteiger partial charge in [0.1, 0.15) is 5.75 Å². The lowest BCUT2D eigenvalue weighted by atomic mass is 9.73. The highest BCUT2D eigenvalue weighted by molar-refractivity contribution is 5.26. The summed E-state index contributed by atoms with van der Waals surface area (Å²) >= 11 is 0. The summed E-state index contributed by atoms with van der Waals surface area (Å²) in [6, 6.07) is 1.00. The number of hydrogen-bond acceptors (Lipinski definition) is 3. The number of rotatable bonds is 3. The van der Waals surface area contributed by atoms with Gasteiger partial charge in [0.25, 0.3) is 0 Å². The minimum atomic E-state index is -4.19. The lowest BCUT2D eigenvalue weighted by Crippen LogP contribution is -2.38. The molecule has 20 heavy (non-hydrogen) atoms. The largest absolute Gasteiger partial charge is 0.495 e.